The lowest BCUT2D eigenvalue weighted by Crippen LogP contribution is -2.66. The second kappa shape index (κ2) is 18.7. The Kier molecular flexibility index (Phi) is 16.2. The normalized spacial score (nSPS) is 22.4. The Bertz CT molecular complexity index is 962. The van der Waals surface area contributed by atoms with E-state index in [-0.39, 0.29) is 25.3 Å². The SMILES string of the molecule is C=C(C#N)C(=O)OCCCCCCCC(O)CN[C@@H]1[C@H](OC(C)=O)O[C@H](COC(C)=O)[C@@H](OC(C)=O)[C@@H]1OC(C)=O. The molecule has 0 spiro atoms. The molecule has 230 valence electrons. The lowest BCUT2D eigenvalue weighted by Gasteiger charge is -2.44. The molecule has 2 N–H and O–H groups in total. The zero-order chi connectivity index (χ0) is 30.9. The summed E-state index contributed by atoms with van der Waals surface area (Å²) in [4.78, 5) is 58.4. The Hall–Kier alpha value is -3.54. The van der Waals surface area contributed by atoms with Gasteiger partial charge in [-0.25, -0.2) is 4.79 Å². The molecule has 6 atom stereocenters. The molecule has 1 unspecified atom stereocenters. The molecule has 0 aromatic rings. The third kappa shape index (κ3) is 14.1. The van der Waals surface area contributed by atoms with E-state index in [2.05, 4.69) is 11.9 Å². The maximum absolute atomic E-state index is 12.0. The number of hydrogen-bond acceptors (Lipinski definition) is 14. The number of rotatable bonds is 17. The highest BCUT2D eigenvalue weighted by Gasteiger charge is 2.51. The van der Waals surface area contributed by atoms with E-state index in [1.807, 2.05) is 0 Å². The lowest BCUT2D eigenvalue weighted by atomic mass is 9.95. The Morgan fingerprint density at radius 1 is 0.878 bits per heavy atom. The topological polar surface area (TPSA) is 197 Å². The standard InChI is InChI=1S/C27H40N2O12/c1-16(13-28)26(35)36-12-10-8-6-7-9-11-21(34)14-29-23-25(39-19(4)32)24(38-18(3)31)22(15-37-17(2)30)41-27(23)40-20(5)33/h21-25,27,29,34H,1,6-12,14-15H2,2-5H3/t21?,22-,23+,24-,25-,27-/m1/s1. The molecule has 1 aliphatic rings. The van der Waals surface area contributed by atoms with Gasteiger partial charge < -0.3 is 38.8 Å². The molecule has 0 bridgehead atoms. The fourth-order valence-corrected chi connectivity index (χ4v) is 4.07. The fourth-order valence-electron chi connectivity index (χ4n) is 4.07. The molecule has 0 amide bonds. The van der Waals surface area contributed by atoms with Crippen LogP contribution >= 0.6 is 0 Å². The van der Waals surface area contributed by atoms with Crippen molar-refractivity contribution in [3.8, 4) is 6.07 Å². The van der Waals surface area contributed by atoms with E-state index < -0.39 is 66.6 Å². The van der Waals surface area contributed by atoms with E-state index in [0.29, 0.717) is 19.3 Å². The zero-order valence-corrected chi connectivity index (χ0v) is 23.9. The summed E-state index contributed by atoms with van der Waals surface area (Å²) < 4.78 is 31.9. The average molecular weight is 585 g/mol. The smallest absolute Gasteiger partial charge is 0.348 e. The van der Waals surface area contributed by atoms with Gasteiger partial charge in [-0.1, -0.05) is 32.3 Å². The number of aliphatic hydroxyl groups is 1. The van der Waals surface area contributed by atoms with Crippen LogP contribution in [-0.4, -0.2) is 91.5 Å². The predicted octanol–water partition coefficient (Wildman–Crippen LogP) is 0.984. The quantitative estimate of drug-likeness (QED) is 0.0806. The van der Waals surface area contributed by atoms with Gasteiger partial charge >= 0.3 is 29.8 Å². The third-order valence-electron chi connectivity index (χ3n) is 5.87. The van der Waals surface area contributed by atoms with Crippen LogP contribution in [-0.2, 0) is 52.4 Å². The average Bonchev–Trinajstić information content (AvgIpc) is 2.88. The Morgan fingerprint density at radius 2 is 1.46 bits per heavy atom. The highest BCUT2D eigenvalue weighted by Crippen LogP contribution is 2.28. The second-order valence-corrected chi connectivity index (χ2v) is 9.47. The molecule has 0 saturated carbocycles. The molecule has 0 aromatic carbocycles. The maximum Gasteiger partial charge on any atom is 0.348 e. The van der Waals surface area contributed by atoms with Crippen molar-refractivity contribution in [2.75, 3.05) is 19.8 Å². The van der Waals surface area contributed by atoms with Gasteiger partial charge in [0, 0.05) is 34.2 Å². The molecule has 1 heterocycles. The first-order chi connectivity index (χ1) is 19.3. The van der Waals surface area contributed by atoms with Crippen LogP contribution < -0.4 is 5.32 Å². The molecule has 0 aromatic heterocycles. The number of esters is 5. The van der Waals surface area contributed by atoms with Crippen LogP contribution in [0.5, 0.6) is 0 Å². The van der Waals surface area contributed by atoms with Crippen molar-refractivity contribution in [2.24, 2.45) is 0 Å². The molecule has 0 radical (unpaired) electrons. The van der Waals surface area contributed by atoms with Crippen LogP contribution in [0.4, 0.5) is 0 Å². The molecule has 41 heavy (non-hydrogen) atoms. The molecule has 1 fully saturated rings. The third-order valence-corrected chi connectivity index (χ3v) is 5.87. The summed E-state index contributed by atoms with van der Waals surface area (Å²) in [5.41, 5.74) is -0.241. The van der Waals surface area contributed by atoms with Crippen LogP contribution in [0.2, 0.25) is 0 Å². The second-order valence-electron chi connectivity index (χ2n) is 9.47. The van der Waals surface area contributed by atoms with Crippen LogP contribution in [0.15, 0.2) is 12.2 Å². The number of carbonyl (C=O) groups excluding carboxylic acids is 5. The molecule has 1 aliphatic heterocycles. The minimum absolute atomic E-state index is 0.00366. The summed E-state index contributed by atoms with van der Waals surface area (Å²) >= 11 is 0. The van der Waals surface area contributed by atoms with E-state index in [0.717, 1.165) is 40.0 Å². The fraction of sp³-hybridized carbons (Fsp3) is 0.704. The van der Waals surface area contributed by atoms with Crippen molar-refractivity contribution < 1.29 is 57.5 Å². The van der Waals surface area contributed by atoms with Gasteiger partial charge in [-0.2, -0.15) is 5.26 Å². The molecule has 14 heteroatoms. The van der Waals surface area contributed by atoms with Crippen LogP contribution in [0.1, 0.15) is 66.2 Å². The maximum atomic E-state index is 12.0. The number of carbonyl (C=O) groups is 5. The summed E-state index contributed by atoms with van der Waals surface area (Å²) in [6.07, 6.45) is -1.50. The number of nitrogens with zero attached hydrogens (tertiary/aromatic N) is 1. The number of unbranched alkanes of at least 4 members (excludes halogenated alkanes) is 4. The van der Waals surface area contributed by atoms with Crippen molar-refractivity contribution >= 4 is 29.8 Å². The van der Waals surface area contributed by atoms with Crippen LogP contribution in [0, 0.1) is 11.3 Å². The van der Waals surface area contributed by atoms with Crippen molar-refractivity contribution in [1.82, 2.24) is 5.32 Å². The first-order valence-corrected chi connectivity index (χ1v) is 13.3. The molecule has 1 saturated heterocycles. The summed E-state index contributed by atoms with van der Waals surface area (Å²) in [5.74, 6) is -3.47. The summed E-state index contributed by atoms with van der Waals surface area (Å²) in [6.45, 7) is 7.75. The summed E-state index contributed by atoms with van der Waals surface area (Å²) in [5, 5.41) is 22.1. The number of nitriles is 1. The first kappa shape index (κ1) is 35.5. The van der Waals surface area contributed by atoms with Crippen LogP contribution in [0.25, 0.3) is 0 Å². The number of nitrogens with one attached hydrogen (secondary N) is 1. The van der Waals surface area contributed by atoms with E-state index >= 15 is 0 Å². The van der Waals surface area contributed by atoms with Gasteiger partial charge in [0.05, 0.1) is 12.7 Å². The molecule has 1 rings (SSSR count). The Labute approximate surface area is 239 Å². The van der Waals surface area contributed by atoms with Gasteiger partial charge in [0.25, 0.3) is 0 Å². The monoisotopic (exact) mass is 584 g/mol. The van der Waals surface area contributed by atoms with Gasteiger partial charge in [-0.3, -0.25) is 19.2 Å². The van der Waals surface area contributed by atoms with Crippen molar-refractivity contribution in [2.45, 2.75) is 103 Å². The predicted molar refractivity (Wildman–Crippen MR) is 139 cm³/mol. The van der Waals surface area contributed by atoms with Gasteiger partial charge in [0.1, 0.15) is 30.4 Å². The molecular formula is C27H40N2O12. The van der Waals surface area contributed by atoms with E-state index in [9.17, 15) is 29.1 Å². The largest absolute Gasteiger partial charge is 0.463 e. The molecule has 14 nitrogen and oxygen atoms in total. The van der Waals surface area contributed by atoms with E-state index in [1.165, 1.54) is 6.92 Å². The summed E-state index contributed by atoms with van der Waals surface area (Å²) in [7, 11) is 0. The van der Waals surface area contributed by atoms with Crippen molar-refractivity contribution in [3.63, 3.8) is 0 Å². The molecular weight excluding hydrogens is 544 g/mol. The zero-order valence-electron chi connectivity index (χ0n) is 23.9. The minimum Gasteiger partial charge on any atom is -0.463 e. The van der Waals surface area contributed by atoms with E-state index in [1.54, 1.807) is 6.07 Å². The number of aliphatic hydroxyl groups excluding tert-OH is 1. The Balaban J connectivity index is 2.74. The Morgan fingerprint density at radius 3 is 2.05 bits per heavy atom. The number of ether oxygens (including phenoxy) is 6. The minimum atomic E-state index is -1.32. The summed E-state index contributed by atoms with van der Waals surface area (Å²) in [6, 6.07) is 0.600. The van der Waals surface area contributed by atoms with Gasteiger partial charge in [-0.15, -0.1) is 0 Å². The highest BCUT2D eigenvalue weighted by molar-refractivity contribution is 5.91. The van der Waals surface area contributed by atoms with E-state index in [4.69, 9.17) is 33.7 Å². The van der Waals surface area contributed by atoms with Crippen molar-refractivity contribution in [1.29, 1.82) is 5.26 Å². The van der Waals surface area contributed by atoms with Gasteiger partial charge in [0.2, 0.25) is 6.29 Å². The number of hydrogen-bond donors (Lipinski definition) is 2. The lowest BCUT2D eigenvalue weighted by molar-refractivity contribution is -0.271. The van der Waals surface area contributed by atoms with Crippen LogP contribution in [0.3, 0.4) is 0 Å². The van der Waals surface area contributed by atoms with Crippen molar-refractivity contribution in [3.05, 3.63) is 12.2 Å². The first-order valence-electron chi connectivity index (χ1n) is 13.3. The molecule has 0 aliphatic carbocycles. The van der Waals surface area contributed by atoms with Gasteiger partial charge in [0.15, 0.2) is 12.2 Å². The highest BCUT2D eigenvalue weighted by atomic mass is 16.7. The van der Waals surface area contributed by atoms with Gasteiger partial charge in [-0.05, 0) is 12.8 Å².